The standard InChI is InChI=1S/C9H6Cl2O3/c1-14-6-4-2-3-5(8(10)12)7(6)9(11)13/h2-4H,1H3. The smallest absolute Gasteiger partial charge is 0.256 e. The summed E-state index contributed by atoms with van der Waals surface area (Å²) in [5, 5.41) is -1.51. The summed E-state index contributed by atoms with van der Waals surface area (Å²) in [6.45, 7) is 0. The Morgan fingerprint density at radius 3 is 2.29 bits per heavy atom. The van der Waals surface area contributed by atoms with Crippen LogP contribution in [0.5, 0.6) is 5.75 Å². The van der Waals surface area contributed by atoms with E-state index in [1.807, 2.05) is 0 Å². The minimum Gasteiger partial charge on any atom is -0.496 e. The molecule has 0 fully saturated rings. The molecule has 0 aliphatic rings. The van der Waals surface area contributed by atoms with Crippen LogP contribution in [0, 0.1) is 0 Å². The van der Waals surface area contributed by atoms with Crippen LogP contribution in [0.15, 0.2) is 18.2 Å². The van der Waals surface area contributed by atoms with E-state index in [1.165, 1.54) is 19.2 Å². The second kappa shape index (κ2) is 4.44. The van der Waals surface area contributed by atoms with Crippen molar-refractivity contribution in [2.75, 3.05) is 7.11 Å². The van der Waals surface area contributed by atoms with E-state index in [4.69, 9.17) is 27.9 Å². The van der Waals surface area contributed by atoms with Crippen LogP contribution in [0.2, 0.25) is 0 Å². The van der Waals surface area contributed by atoms with Gasteiger partial charge in [0.2, 0.25) is 0 Å². The van der Waals surface area contributed by atoms with E-state index in [1.54, 1.807) is 6.07 Å². The van der Waals surface area contributed by atoms with Gasteiger partial charge in [-0.05, 0) is 35.3 Å². The lowest BCUT2D eigenvalue weighted by molar-refractivity contribution is 0.104. The van der Waals surface area contributed by atoms with Crippen LogP contribution in [0.4, 0.5) is 0 Å². The number of rotatable bonds is 3. The van der Waals surface area contributed by atoms with E-state index in [0.717, 1.165) is 0 Å². The van der Waals surface area contributed by atoms with Crippen LogP contribution >= 0.6 is 23.2 Å². The molecule has 0 heterocycles. The van der Waals surface area contributed by atoms with Crippen molar-refractivity contribution in [2.24, 2.45) is 0 Å². The van der Waals surface area contributed by atoms with Crippen LogP contribution in [-0.2, 0) is 0 Å². The van der Waals surface area contributed by atoms with Gasteiger partial charge in [-0.25, -0.2) is 0 Å². The van der Waals surface area contributed by atoms with Crippen LogP contribution in [0.25, 0.3) is 0 Å². The molecule has 0 aromatic heterocycles. The van der Waals surface area contributed by atoms with E-state index in [0.29, 0.717) is 0 Å². The van der Waals surface area contributed by atoms with Crippen LogP contribution in [0.1, 0.15) is 20.7 Å². The van der Waals surface area contributed by atoms with Gasteiger partial charge in [-0.3, -0.25) is 9.59 Å². The molecule has 0 saturated carbocycles. The average Bonchev–Trinajstić information content (AvgIpc) is 2.16. The molecule has 0 spiro atoms. The van der Waals surface area contributed by atoms with Gasteiger partial charge in [-0.1, -0.05) is 6.07 Å². The van der Waals surface area contributed by atoms with Crippen molar-refractivity contribution in [3.05, 3.63) is 29.3 Å². The van der Waals surface area contributed by atoms with Gasteiger partial charge in [-0.2, -0.15) is 0 Å². The Labute approximate surface area is 90.6 Å². The number of carbonyl (C=O) groups is 2. The van der Waals surface area contributed by atoms with Crippen molar-refractivity contribution in [3.8, 4) is 5.75 Å². The largest absolute Gasteiger partial charge is 0.496 e. The van der Waals surface area contributed by atoms with E-state index in [-0.39, 0.29) is 16.9 Å². The summed E-state index contributed by atoms with van der Waals surface area (Å²) in [5.41, 5.74) is 0.0442. The Morgan fingerprint density at radius 1 is 1.21 bits per heavy atom. The zero-order valence-corrected chi connectivity index (χ0v) is 8.72. The number of methoxy groups -OCH3 is 1. The van der Waals surface area contributed by atoms with Gasteiger partial charge in [0, 0.05) is 5.56 Å². The maximum Gasteiger partial charge on any atom is 0.256 e. The molecule has 1 aromatic rings. The fourth-order valence-corrected chi connectivity index (χ4v) is 1.42. The molecule has 14 heavy (non-hydrogen) atoms. The van der Waals surface area contributed by atoms with Gasteiger partial charge in [0.25, 0.3) is 10.5 Å². The Hall–Kier alpha value is -1.06. The number of hydrogen-bond acceptors (Lipinski definition) is 3. The molecule has 74 valence electrons. The molecule has 0 bridgehead atoms. The minimum absolute atomic E-state index is 0.00309. The van der Waals surface area contributed by atoms with Crippen molar-refractivity contribution in [1.82, 2.24) is 0 Å². The lowest BCUT2D eigenvalue weighted by atomic mass is 10.1. The van der Waals surface area contributed by atoms with E-state index in [2.05, 4.69) is 0 Å². The van der Waals surface area contributed by atoms with Crippen LogP contribution in [0.3, 0.4) is 0 Å². The van der Waals surface area contributed by atoms with E-state index < -0.39 is 10.5 Å². The molecular formula is C9H6Cl2O3. The molecule has 0 aliphatic carbocycles. The Kier molecular flexibility index (Phi) is 3.49. The van der Waals surface area contributed by atoms with Gasteiger partial charge in [0.05, 0.1) is 12.7 Å². The highest BCUT2D eigenvalue weighted by Crippen LogP contribution is 2.25. The van der Waals surface area contributed by atoms with Crippen LogP contribution < -0.4 is 4.74 Å². The Morgan fingerprint density at radius 2 is 1.86 bits per heavy atom. The lowest BCUT2D eigenvalue weighted by Gasteiger charge is -2.06. The number of ether oxygens (including phenoxy) is 1. The first-order valence-corrected chi connectivity index (χ1v) is 4.40. The second-order valence-electron chi connectivity index (χ2n) is 2.43. The van der Waals surface area contributed by atoms with Crippen molar-refractivity contribution >= 4 is 33.7 Å². The van der Waals surface area contributed by atoms with Gasteiger partial charge in [0.1, 0.15) is 5.75 Å². The number of hydrogen-bond donors (Lipinski definition) is 0. The Bertz CT molecular complexity index is 388. The molecule has 0 amide bonds. The Balaban J connectivity index is 3.43. The maximum atomic E-state index is 11.0. The third-order valence-electron chi connectivity index (χ3n) is 1.65. The lowest BCUT2D eigenvalue weighted by Crippen LogP contribution is -2.03. The van der Waals surface area contributed by atoms with E-state index in [9.17, 15) is 9.59 Å². The summed E-state index contributed by atoms with van der Waals surface area (Å²) in [6, 6.07) is 4.49. The van der Waals surface area contributed by atoms with E-state index >= 15 is 0 Å². The maximum absolute atomic E-state index is 11.0. The topological polar surface area (TPSA) is 43.4 Å². The summed E-state index contributed by atoms with van der Waals surface area (Å²) in [7, 11) is 1.38. The minimum atomic E-state index is -0.772. The predicted molar refractivity (Wildman–Crippen MR) is 53.4 cm³/mol. The molecule has 3 nitrogen and oxygen atoms in total. The highest BCUT2D eigenvalue weighted by Gasteiger charge is 2.18. The molecule has 1 rings (SSSR count). The van der Waals surface area contributed by atoms with Gasteiger partial charge < -0.3 is 4.74 Å². The van der Waals surface area contributed by atoms with Crippen LogP contribution in [-0.4, -0.2) is 17.6 Å². The van der Waals surface area contributed by atoms with Gasteiger partial charge >= 0.3 is 0 Å². The highest BCUT2D eigenvalue weighted by atomic mass is 35.5. The fraction of sp³-hybridized carbons (Fsp3) is 0.111. The zero-order valence-electron chi connectivity index (χ0n) is 7.21. The first-order valence-electron chi connectivity index (χ1n) is 3.64. The molecule has 0 aliphatic heterocycles. The first kappa shape index (κ1) is 11.0. The number of carbonyl (C=O) groups excluding carboxylic acids is 2. The quantitative estimate of drug-likeness (QED) is 0.753. The summed E-state index contributed by atoms with van der Waals surface area (Å²) in [6.07, 6.45) is 0. The summed E-state index contributed by atoms with van der Waals surface area (Å²) in [5.74, 6) is 0.233. The summed E-state index contributed by atoms with van der Waals surface area (Å²) < 4.78 is 4.88. The fourth-order valence-electron chi connectivity index (χ4n) is 1.07. The number of benzene rings is 1. The zero-order chi connectivity index (χ0) is 10.7. The summed E-state index contributed by atoms with van der Waals surface area (Å²) in [4.78, 5) is 22.0. The van der Waals surface area contributed by atoms with Crippen molar-refractivity contribution in [1.29, 1.82) is 0 Å². The third-order valence-corrected chi connectivity index (χ3v) is 2.05. The molecule has 5 heteroatoms. The molecule has 0 atom stereocenters. The second-order valence-corrected chi connectivity index (χ2v) is 3.12. The van der Waals surface area contributed by atoms with Crippen molar-refractivity contribution in [3.63, 3.8) is 0 Å². The highest BCUT2D eigenvalue weighted by molar-refractivity contribution is 6.72. The average molecular weight is 233 g/mol. The number of halogens is 2. The SMILES string of the molecule is COc1cccc(C(=O)Cl)c1C(=O)Cl. The molecular weight excluding hydrogens is 227 g/mol. The first-order chi connectivity index (χ1) is 6.57. The monoisotopic (exact) mass is 232 g/mol. The third kappa shape index (κ3) is 2.05. The molecule has 0 N–H and O–H groups in total. The molecule has 1 aromatic carbocycles. The predicted octanol–water partition coefficient (Wildman–Crippen LogP) is 2.45. The molecule has 0 unspecified atom stereocenters. The van der Waals surface area contributed by atoms with Gasteiger partial charge in [0.15, 0.2) is 0 Å². The normalized spacial score (nSPS) is 9.64. The van der Waals surface area contributed by atoms with Crippen molar-refractivity contribution < 1.29 is 14.3 Å². The molecule has 0 radical (unpaired) electrons. The summed E-state index contributed by atoms with van der Waals surface area (Å²) >= 11 is 10.6. The molecule has 0 saturated heterocycles. The van der Waals surface area contributed by atoms with Gasteiger partial charge in [-0.15, -0.1) is 0 Å². The van der Waals surface area contributed by atoms with Crippen molar-refractivity contribution in [2.45, 2.75) is 0 Å².